The number of carboxylic acids is 1. The molecule has 0 amide bonds. The molecule has 1 aromatic carbocycles. The van der Waals surface area contributed by atoms with Crippen LogP contribution in [0.1, 0.15) is 42.5 Å². The summed E-state index contributed by atoms with van der Waals surface area (Å²) in [5, 5.41) is 12.2. The molecule has 21 heavy (non-hydrogen) atoms. The Kier molecular flexibility index (Phi) is 5.11. The first kappa shape index (κ1) is 15.3. The quantitative estimate of drug-likeness (QED) is 0.819. The van der Waals surface area contributed by atoms with Gasteiger partial charge in [0.25, 0.3) is 0 Å². The topological polar surface area (TPSA) is 75.4 Å². The third-order valence-corrected chi connectivity index (χ3v) is 3.41. The molecule has 0 saturated heterocycles. The number of aromatic nitrogens is 1. The Morgan fingerprint density at radius 1 is 1.33 bits per heavy atom. The summed E-state index contributed by atoms with van der Waals surface area (Å²) in [5.74, 6) is 0.282. The van der Waals surface area contributed by atoms with Gasteiger partial charge in [-0.05, 0) is 18.1 Å². The van der Waals surface area contributed by atoms with Crippen LogP contribution in [0.2, 0.25) is 0 Å². The van der Waals surface area contributed by atoms with Crippen molar-refractivity contribution in [1.29, 1.82) is 0 Å². The number of carbonyl (C=O) groups is 1. The second-order valence-electron chi connectivity index (χ2n) is 4.98. The SMILES string of the molecule is CCc1cnc(CNCc2ccc(C(C)C(=O)O)cc2)o1. The molecule has 1 aromatic heterocycles. The summed E-state index contributed by atoms with van der Waals surface area (Å²) < 4.78 is 5.51. The minimum Gasteiger partial charge on any atom is -0.481 e. The van der Waals surface area contributed by atoms with Gasteiger partial charge in [0.2, 0.25) is 5.89 Å². The lowest BCUT2D eigenvalue weighted by Crippen LogP contribution is -2.13. The summed E-state index contributed by atoms with van der Waals surface area (Å²) in [6.07, 6.45) is 2.59. The lowest BCUT2D eigenvalue weighted by molar-refractivity contribution is -0.138. The normalized spacial score (nSPS) is 12.3. The standard InChI is InChI=1S/C16H20N2O3/c1-3-14-9-18-15(21-14)10-17-8-12-4-6-13(7-5-12)11(2)16(19)20/h4-7,9,11,17H,3,8,10H2,1-2H3,(H,19,20). The van der Waals surface area contributed by atoms with Crippen LogP contribution in [-0.2, 0) is 24.3 Å². The molecule has 0 aliphatic rings. The van der Waals surface area contributed by atoms with E-state index in [-0.39, 0.29) is 0 Å². The Hall–Kier alpha value is -2.14. The molecule has 1 heterocycles. The van der Waals surface area contributed by atoms with Gasteiger partial charge in [0.15, 0.2) is 0 Å². The van der Waals surface area contributed by atoms with Crippen LogP contribution in [0.3, 0.4) is 0 Å². The predicted octanol–water partition coefficient (Wildman–Crippen LogP) is 2.71. The highest BCUT2D eigenvalue weighted by Crippen LogP contribution is 2.16. The molecule has 5 nitrogen and oxygen atoms in total. The molecule has 2 N–H and O–H groups in total. The van der Waals surface area contributed by atoms with Crippen LogP contribution in [0, 0.1) is 0 Å². The lowest BCUT2D eigenvalue weighted by Gasteiger charge is -2.08. The Balaban J connectivity index is 1.84. The van der Waals surface area contributed by atoms with Gasteiger partial charge in [-0.15, -0.1) is 0 Å². The number of hydrogen-bond acceptors (Lipinski definition) is 4. The Morgan fingerprint density at radius 3 is 2.62 bits per heavy atom. The van der Waals surface area contributed by atoms with Crippen LogP contribution in [-0.4, -0.2) is 16.1 Å². The average molecular weight is 288 g/mol. The number of hydrogen-bond donors (Lipinski definition) is 2. The summed E-state index contributed by atoms with van der Waals surface area (Å²) in [6, 6.07) is 7.59. The van der Waals surface area contributed by atoms with Crippen molar-refractivity contribution < 1.29 is 14.3 Å². The van der Waals surface area contributed by atoms with Crippen molar-refractivity contribution in [2.45, 2.75) is 39.3 Å². The second kappa shape index (κ2) is 7.04. The highest BCUT2D eigenvalue weighted by Gasteiger charge is 2.12. The van der Waals surface area contributed by atoms with Gasteiger partial charge >= 0.3 is 5.97 Å². The van der Waals surface area contributed by atoms with E-state index in [2.05, 4.69) is 10.3 Å². The maximum absolute atomic E-state index is 10.9. The highest BCUT2D eigenvalue weighted by atomic mass is 16.4. The maximum Gasteiger partial charge on any atom is 0.310 e. The molecular formula is C16H20N2O3. The van der Waals surface area contributed by atoms with Crippen molar-refractivity contribution in [1.82, 2.24) is 10.3 Å². The number of nitrogens with zero attached hydrogens (tertiary/aromatic N) is 1. The molecule has 112 valence electrons. The smallest absolute Gasteiger partial charge is 0.310 e. The average Bonchev–Trinajstić information content (AvgIpc) is 2.95. The number of nitrogens with one attached hydrogen (secondary N) is 1. The van der Waals surface area contributed by atoms with E-state index in [1.165, 1.54) is 0 Å². The zero-order chi connectivity index (χ0) is 15.2. The van der Waals surface area contributed by atoms with E-state index in [0.717, 1.165) is 23.3 Å². The fourth-order valence-electron chi connectivity index (χ4n) is 1.97. The monoisotopic (exact) mass is 288 g/mol. The first-order chi connectivity index (χ1) is 10.1. The number of aliphatic carboxylic acids is 1. The second-order valence-corrected chi connectivity index (χ2v) is 4.98. The van der Waals surface area contributed by atoms with E-state index in [9.17, 15) is 4.79 Å². The van der Waals surface area contributed by atoms with Gasteiger partial charge in [-0.2, -0.15) is 0 Å². The van der Waals surface area contributed by atoms with Crippen molar-refractivity contribution in [2.75, 3.05) is 0 Å². The zero-order valence-electron chi connectivity index (χ0n) is 12.3. The Labute approximate surface area is 124 Å². The van der Waals surface area contributed by atoms with E-state index in [4.69, 9.17) is 9.52 Å². The van der Waals surface area contributed by atoms with Gasteiger partial charge in [-0.25, -0.2) is 4.98 Å². The van der Waals surface area contributed by atoms with Crippen LogP contribution in [0.15, 0.2) is 34.9 Å². The van der Waals surface area contributed by atoms with Gasteiger partial charge < -0.3 is 14.8 Å². The molecule has 1 atom stereocenters. The molecule has 0 saturated carbocycles. The van der Waals surface area contributed by atoms with E-state index in [0.29, 0.717) is 19.0 Å². The minimum atomic E-state index is -0.809. The van der Waals surface area contributed by atoms with E-state index in [1.54, 1.807) is 13.1 Å². The van der Waals surface area contributed by atoms with Gasteiger partial charge in [-0.1, -0.05) is 31.2 Å². The van der Waals surface area contributed by atoms with Crippen molar-refractivity contribution >= 4 is 5.97 Å². The van der Waals surface area contributed by atoms with Gasteiger partial charge in [0.1, 0.15) is 5.76 Å². The van der Waals surface area contributed by atoms with E-state index >= 15 is 0 Å². The third-order valence-electron chi connectivity index (χ3n) is 3.41. The molecule has 0 radical (unpaired) electrons. The molecule has 0 aliphatic heterocycles. The fraction of sp³-hybridized carbons (Fsp3) is 0.375. The molecule has 0 bridgehead atoms. The van der Waals surface area contributed by atoms with Crippen LogP contribution in [0.25, 0.3) is 0 Å². The van der Waals surface area contributed by atoms with Crippen molar-refractivity contribution in [3.63, 3.8) is 0 Å². The first-order valence-electron chi connectivity index (χ1n) is 7.06. The van der Waals surface area contributed by atoms with Gasteiger partial charge in [0, 0.05) is 13.0 Å². The number of benzene rings is 1. The van der Waals surface area contributed by atoms with Crippen LogP contribution < -0.4 is 5.32 Å². The van der Waals surface area contributed by atoms with E-state index in [1.807, 2.05) is 31.2 Å². The molecule has 2 aromatic rings. The number of carboxylic acid groups (broad SMARTS) is 1. The molecule has 0 aliphatic carbocycles. The maximum atomic E-state index is 10.9. The zero-order valence-corrected chi connectivity index (χ0v) is 12.3. The largest absolute Gasteiger partial charge is 0.481 e. The number of aryl methyl sites for hydroxylation is 1. The van der Waals surface area contributed by atoms with Crippen molar-refractivity contribution in [3.8, 4) is 0 Å². The summed E-state index contributed by atoms with van der Waals surface area (Å²) in [5.41, 5.74) is 1.91. The minimum absolute atomic E-state index is 0.480. The highest BCUT2D eigenvalue weighted by molar-refractivity contribution is 5.75. The molecule has 5 heteroatoms. The lowest BCUT2D eigenvalue weighted by atomic mass is 10.0. The molecule has 2 rings (SSSR count). The summed E-state index contributed by atoms with van der Waals surface area (Å²) >= 11 is 0. The molecule has 0 fully saturated rings. The van der Waals surface area contributed by atoms with Gasteiger partial charge in [-0.3, -0.25) is 4.79 Å². The fourth-order valence-corrected chi connectivity index (χ4v) is 1.97. The molecule has 1 unspecified atom stereocenters. The third kappa shape index (κ3) is 4.16. The summed E-state index contributed by atoms with van der Waals surface area (Å²) in [4.78, 5) is 15.1. The van der Waals surface area contributed by atoms with E-state index < -0.39 is 11.9 Å². The number of rotatable bonds is 7. The molecular weight excluding hydrogens is 268 g/mol. The van der Waals surface area contributed by atoms with Crippen LogP contribution >= 0.6 is 0 Å². The Bertz CT molecular complexity index is 590. The predicted molar refractivity (Wildman–Crippen MR) is 78.9 cm³/mol. The van der Waals surface area contributed by atoms with Crippen molar-refractivity contribution in [2.24, 2.45) is 0 Å². The first-order valence-corrected chi connectivity index (χ1v) is 7.06. The number of oxazole rings is 1. The Morgan fingerprint density at radius 2 is 2.05 bits per heavy atom. The summed E-state index contributed by atoms with van der Waals surface area (Å²) in [7, 11) is 0. The van der Waals surface area contributed by atoms with Gasteiger partial charge in [0.05, 0.1) is 18.7 Å². The molecule has 0 spiro atoms. The van der Waals surface area contributed by atoms with Crippen molar-refractivity contribution in [3.05, 3.63) is 53.2 Å². The summed E-state index contributed by atoms with van der Waals surface area (Å²) in [6.45, 7) is 4.97. The van der Waals surface area contributed by atoms with Crippen LogP contribution in [0.5, 0.6) is 0 Å². The van der Waals surface area contributed by atoms with Crippen LogP contribution in [0.4, 0.5) is 0 Å².